The lowest BCUT2D eigenvalue weighted by Crippen LogP contribution is -2.08. The van der Waals surface area contributed by atoms with E-state index in [1.807, 2.05) is 60.7 Å². The second kappa shape index (κ2) is 8.62. The molecule has 4 rings (SSSR count). The number of carbonyl (C=O) groups excluding carboxylic acids is 2. The van der Waals surface area contributed by atoms with E-state index in [4.69, 9.17) is 21.1 Å². The SMILES string of the molecule is CC(=O)Oc1c(-c2ccccc2)c(-c2ccccc2)c(OC(C)=O)c2cc(Cl)ccc12. The zero-order valence-electron chi connectivity index (χ0n) is 17.0. The third-order valence-electron chi connectivity index (χ3n) is 4.79. The summed E-state index contributed by atoms with van der Waals surface area (Å²) in [4.78, 5) is 24.2. The number of benzene rings is 4. The van der Waals surface area contributed by atoms with E-state index in [9.17, 15) is 9.59 Å². The van der Waals surface area contributed by atoms with Crippen LogP contribution in [0.4, 0.5) is 0 Å². The van der Waals surface area contributed by atoms with Crippen LogP contribution in [0.3, 0.4) is 0 Å². The Morgan fingerprint density at radius 2 is 1.10 bits per heavy atom. The molecule has 0 atom stereocenters. The molecular formula is C26H19ClO4. The maximum absolute atomic E-state index is 12.1. The van der Waals surface area contributed by atoms with Crippen LogP contribution in [-0.4, -0.2) is 11.9 Å². The van der Waals surface area contributed by atoms with Gasteiger partial charge in [-0.3, -0.25) is 9.59 Å². The minimum atomic E-state index is -0.460. The Bertz CT molecular complexity index is 1280. The van der Waals surface area contributed by atoms with E-state index in [0.29, 0.717) is 38.4 Å². The normalized spacial score (nSPS) is 10.7. The second-order valence-electron chi connectivity index (χ2n) is 7.02. The first-order valence-electron chi connectivity index (χ1n) is 9.72. The van der Waals surface area contributed by atoms with Crippen LogP contribution in [0.25, 0.3) is 33.0 Å². The molecule has 0 saturated heterocycles. The molecule has 0 radical (unpaired) electrons. The van der Waals surface area contributed by atoms with Crippen molar-refractivity contribution in [3.63, 3.8) is 0 Å². The molecule has 31 heavy (non-hydrogen) atoms. The molecule has 0 amide bonds. The van der Waals surface area contributed by atoms with Crippen LogP contribution >= 0.6 is 11.6 Å². The van der Waals surface area contributed by atoms with Gasteiger partial charge in [0, 0.05) is 40.8 Å². The minimum Gasteiger partial charge on any atom is -0.425 e. The number of fused-ring (bicyclic) bond motifs is 1. The van der Waals surface area contributed by atoms with Gasteiger partial charge in [0.1, 0.15) is 11.5 Å². The Morgan fingerprint density at radius 3 is 1.55 bits per heavy atom. The zero-order valence-corrected chi connectivity index (χ0v) is 17.8. The van der Waals surface area contributed by atoms with Gasteiger partial charge in [-0.05, 0) is 29.3 Å². The number of hydrogen-bond donors (Lipinski definition) is 0. The van der Waals surface area contributed by atoms with Crippen LogP contribution in [0, 0.1) is 0 Å². The van der Waals surface area contributed by atoms with E-state index in [1.54, 1.807) is 18.2 Å². The van der Waals surface area contributed by atoms with Gasteiger partial charge in [-0.2, -0.15) is 0 Å². The first-order valence-corrected chi connectivity index (χ1v) is 10.1. The monoisotopic (exact) mass is 430 g/mol. The molecule has 0 aromatic heterocycles. The maximum atomic E-state index is 12.1. The molecule has 0 aliphatic carbocycles. The van der Waals surface area contributed by atoms with E-state index in [0.717, 1.165) is 11.1 Å². The average Bonchev–Trinajstić information content (AvgIpc) is 2.75. The first-order chi connectivity index (χ1) is 15.0. The van der Waals surface area contributed by atoms with Gasteiger partial charge >= 0.3 is 11.9 Å². The fourth-order valence-electron chi connectivity index (χ4n) is 3.66. The molecular weight excluding hydrogens is 412 g/mol. The van der Waals surface area contributed by atoms with Crippen LogP contribution in [0.15, 0.2) is 78.9 Å². The molecule has 0 bridgehead atoms. The standard InChI is InChI=1S/C26H19ClO4/c1-16(28)30-25-21-14-13-20(27)15-22(21)26(31-17(2)29)24(19-11-7-4-8-12-19)23(25)18-9-5-3-6-10-18/h3-15H,1-2H3. The van der Waals surface area contributed by atoms with Gasteiger partial charge in [0.15, 0.2) is 0 Å². The number of carbonyl (C=O) groups is 2. The molecule has 0 heterocycles. The summed E-state index contributed by atoms with van der Waals surface area (Å²) < 4.78 is 11.5. The average molecular weight is 431 g/mol. The smallest absolute Gasteiger partial charge is 0.308 e. The number of halogens is 1. The van der Waals surface area contributed by atoms with Crippen LogP contribution < -0.4 is 9.47 Å². The molecule has 0 N–H and O–H groups in total. The molecule has 0 saturated carbocycles. The van der Waals surface area contributed by atoms with Gasteiger partial charge < -0.3 is 9.47 Å². The molecule has 5 heteroatoms. The topological polar surface area (TPSA) is 52.6 Å². The number of ether oxygens (including phenoxy) is 2. The number of hydrogen-bond acceptors (Lipinski definition) is 4. The summed E-state index contributed by atoms with van der Waals surface area (Å²) in [5.74, 6) is -0.156. The zero-order chi connectivity index (χ0) is 22.0. The third-order valence-corrected chi connectivity index (χ3v) is 5.03. The van der Waals surface area contributed by atoms with Gasteiger partial charge in [0.2, 0.25) is 0 Å². The first kappa shape index (κ1) is 20.6. The largest absolute Gasteiger partial charge is 0.425 e. The van der Waals surface area contributed by atoms with Crippen LogP contribution in [0.2, 0.25) is 5.02 Å². The lowest BCUT2D eigenvalue weighted by Gasteiger charge is -2.22. The van der Waals surface area contributed by atoms with Crippen molar-refractivity contribution in [3.8, 4) is 33.8 Å². The van der Waals surface area contributed by atoms with E-state index < -0.39 is 11.9 Å². The van der Waals surface area contributed by atoms with Crippen molar-refractivity contribution >= 4 is 34.3 Å². The predicted octanol–water partition coefficient (Wildman–Crippen LogP) is 6.68. The lowest BCUT2D eigenvalue weighted by molar-refractivity contribution is -0.132. The van der Waals surface area contributed by atoms with E-state index >= 15 is 0 Å². The van der Waals surface area contributed by atoms with Crippen LogP contribution in [-0.2, 0) is 9.59 Å². The van der Waals surface area contributed by atoms with Crippen LogP contribution in [0.5, 0.6) is 11.5 Å². The van der Waals surface area contributed by atoms with Crippen molar-refractivity contribution in [2.45, 2.75) is 13.8 Å². The van der Waals surface area contributed by atoms with Gasteiger partial charge in [-0.15, -0.1) is 0 Å². The fourth-order valence-corrected chi connectivity index (χ4v) is 3.83. The number of rotatable bonds is 4. The van der Waals surface area contributed by atoms with Crippen molar-refractivity contribution in [2.24, 2.45) is 0 Å². The molecule has 0 fully saturated rings. The van der Waals surface area contributed by atoms with Crippen molar-refractivity contribution < 1.29 is 19.1 Å². The molecule has 4 nitrogen and oxygen atoms in total. The number of esters is 2. The molecule has 154 valence electrons. The Hall–Kier alpha value is -3.63. The Labute approximate surface area is 185 Å². The summed E-state index contributed by atoms with van der Waals surface area (Å²) in [7, 11) is 0. The summed E-state index contributed by atoms with van der Waals surface area (Å²) in [5.41, 5.74) is 2.94. The van der Waals surface area contributed by atoms with Gasteiger partial charge in [-0.1, -0.05) is 72.3 Å². The molecule has 0 aliphatic rings. The van der Waals surface area contributed by atoms with Gasteiger partial charge in [-0.25, -0.2) is 0 Å². The Balaban J connectivity index is 2.26. The highest BCUT2D eigenvalue weighted by molar-refractivity contribution is 6.31. The lowest BCUT2D eigenvalue weighted by atomic mass is 9.89. The Kier molecular flexibility index (Phi) is 5.74. The minimum absolute atomic E-state index is 0.367. The van der Waals surface area contributed by atoms with Gasteiger partial charge in [0.05, 0.1) is 0 Å². The molecule has 4 aromatic carbocycles. The second-order valence-corrected chi connectivity index (χ2v) is 7.45. The summed E-state index contributed by atoms with van der Waals surface area (Å²) in [6.45, 7) is 2.71. The van der Waals surface area contributed by atoms with Crippen molar-refractivity contribution in [1.29, 1.82) is 0 Å². The summed E-state index contributed by atoms with van der Waals surface area (Å²) in [5, 5.41) is 1.67. The summed E-state index contributed by atoms with van der Waals surface area (Å²) in [6, 6.07) is 24.3. The predicted molar refractivity (Wildman–Crippen MR) is 122 cm³/mol. The van der Waals surface area contributed by atoms with Crippen molar-refractivity contribution in [1.82, 2.24) is 0 Å². The highest BCUT2D eigenvalue weighted by Crippen LogP contribution is 2.51. The van der Waals surface area contributed by atoms with Crippen molar-refractivity contribution in [3.05, 3.63) is 83.9 Å². The van der Waals surface area contributed by atoms with E-state index in [1.165, 1.54) is 13.8 Å². The summed E-state index contributed by atoms with van der Waals surface area (Å²) >= 11 is 6.29. The quantitative estimate of drug-likeness (QED) is 0.268. The fraction of sp³-hybridized carbons (Fsp3) is 0.0769. The van der Waals surface area contributed by atoms with Crippen molar-refractivity contribution in [2.75, 3.05) is 0 Å². The highest BCUT2D eigenvalue weighted by atomic mass is 35.5. The highest BCUT2D eigenvalue weighted by Gasteiger charge is 2.26. The molecule has 0 aliphatic heterocycles. The van der Waals surface area contributed by atoms with E-state index in [-0.39, 0.29) is 0 Å². The van der Waals surface area contributed by atoms with Gasteiger partial charge in [0.25, 0.3) is 0 Å². The maximum Gasteiger partial charge on any atom is 0.308 e. The molecule has 0 spiro atoms. The molecule has 0 unspecified atom stereocenters. The third kappa shape index (κ3) is 4.16. The van der Waals surface area contributed by atoms with E-state index in [2.05, 4.69) is 0 Å². The summed E-state index contributed by atoms with van der Waals surface area (Å²) in [6.07, 6.45) is 0. The Morgan fingerprint density at radius 1 is 0.645 bits per heavy atom. The molecule has 4 aromatic rings. The van der Waals surface area contributed by atoms with Crippen LogP contribution in [0.1, 0.15) is 13.8 Å².